The normalized spacial score (nSPS) is 10.6. The summed E-state index contributed by atoms with van der Waals surface area (Å²) in [4.78, 5) is 22.6. The molecule has 0 heterocycles. The van der Waals surface area contributed by atoms with Gasteiger partial charge in [0, 0.05) is 11.8 Å². The van der Waals surface area contributed by atoms with Gasteiger partial charge in [0.15, 0.2) is 6.61 Å². The molecule has 0 aliphatic carbocycles. The van der Waals surface area contributed by atoms with E-state index >= 15 is 0 Å². The molecule has 0 radical (unpaired) electrons. The molecule has 24 heavy (non-hydrogen) atoms. The van der Waals surface area contributed by atoms with E-state index in [2.05, 4.69) is 5.32 Å². The fourth-order valence-electron chi connectivity index (χ4n) is 2.13. The molecule has 0 aromatic heterocycles. The van der Waals surface area contributed by atoms with Crippen LogP contribution in [0, 0.1) is 13.8 Å². The van der Waals surface area contributed by atoms with Crippen molar-refractivity contribution in [3.05, 3.63) is 65.2 Å². The number of hydrogen-bond donors (Lipinski definition) is 2. The molecule has 124 valence electrons. The molecule has 5 heteroatoms. The predicted octanol–water partition coefficient (Wildman–Crippen LogP) is 2.82. The summed E-state index contributed by atoms with van der Waals surface area (Å²) in [5.74, 6) is -0.177. The van der Waals surface area contributed by atoms with Gasteiger partial charge in [-0.1, -0.05) is 29.8 Å². The topological polar surface area (TPSA) is 81.4 Å². The van der Waals surface area contributed by atoms with Gasteiger partial charge in [-0.05, 0) is 49.2 Å². The van der Waals surface area contributed by atoms with E-state index in [1.165, 1.54) is 6.08 Å². The molecule has 2 rings (SSSR count). The Hall–Kier alpha value is -3.08. The summed E-state index contributed by atoms with van der Waals surface area (Å²) in [6, 6.07) is 12.9. The first kappa shape index (κ1) is 17.3. The third kappa shape index (κ3) is 5.28. The van der Waals surface area contributed by atoms with Gasteiger partial charge in [-0.25, -0.2) is 0 Å². The molecule has 0 atom stereocenters. The zero-order valence-corrected chi connectivity index (χ0v) is 13.7. The molecule has 3 N–H and O–H groups in total. The van der Waals surface area contributed by atoms with E-state index in [1.54, 1.807) is 30.3 Å². The molecule has 2 amide bonds. The van der Waals surface area contributed by atoms with Gasteiger partial charge in [-0.15, -0.1) is 0 Å². The van der Waals surface area contributed by atoms with Crippen LogP contribution >= 0.6 is 0 Å². The first-order valence-electron chi connectivity index (χ1n) is 7.51. The van der Waals surface area contributed by atoms with Gasteiger partial charge in [0.05, 0.1) is 0 Å². The third-order valence-corrected chi connectivity index (χ3v) is 3.33. The summed E-state index contributed by atoms with van der Waals surface area (Å²) in [6.07, 6.45) is 3.18. The number of carbonyl (C=O) groups excluding carboxylic acids is 2. The lowest BCUT2D eigenvalue weighted by Crippen LogP contribution is -2.19. The van der Waals surface area contributed by atoms with Gasteiger partial charge in [-0.2, -0.15) is 0 Å². The highest BCUT2D eigenvalue weighted by molar-refractivity contribution is 6.02. The molecule has 0 fully saturated rings. The number of hydrogen-bond acceptors (Lipinski definition) is 3. The van der Waals surface area contributed by atoms with E-state index in [0.717, 1.165) is 22.4 Å². The smallest absolute Gasteiger partial charge is 0.255 e. The van der Waals surface area contributed by atoms with Crippen LogP contribution in [-0.2, 0) is 9.59 Å². The number of amides is 2. The molecule has 0 saturated carbocycles. The van der Waals surface area contributed by atoms with Crippen molar-refractivity contribution in [2.24, 2.45) is 5.73 Å². The van der Waals surface area contributed by atoms with Crippen LogP contribution in [0.3, 0.4) is 0 Å². The Morgan fingerprint density at radius 1 is 1.12 bits per heavy atom. The molecule has 0 unspecified atom stereocenters. The van der Waals surface area contributed by atoms with Crippen LogP contribution in [0.25, 0.3) is 6.08 Å². The van der Waals surface area contributed by atoms with Gasteiger partial charge >= 0.3 is 0 Å². The van der Waals surface area contributed by atoms with E-state index in [9.17, 15) is 9.59 Å². The minimum Gasteiger partial charge on any atom is -0.484 e. The molecule has 0 saturated heterocycles. The number of anilines is 1. The zero-order valence-electron chi connectivity index (χ0n) is 13.7. The van der Waals surface area contributed by atoms with Crippen LogP contribution in [0.2, 0.25) is 0 Å². The molecule has 2 aromatic carbocycles. The lowest BCUT2D eigenvalue weighted by molar-refractivity contribution is -0.120. The summed E-state index contributed by atoms with van der Waals surface area (Å²) in [5.41, 5.74) is 8.83. The highest BCUT2D eigenvalue weighted by Gasteiger charge is 2.02. The molecular formula is C19H20N2O3. The second kappa shape index (κ2) is 7.97. The second-order valence-corrected chi connectivity index (χ2v) is 5.46. The minimum atomic E-state index is -0.526. The maximum Gasteiger partial charge on any atom is 0.255 e. The first-order chi connectivity index (χ1) is 11.4. The van der Waals surface area contributed by atoms with Gasteiger partial charge < -0.3 is 15.8 Å². The van der Waals surface area contributed by atoms with Crippen LogP contribution in [0.1, 0.15) is 16.7 Å². The Kier molecular flexibility index (Phi) is 5.73. The van der Waals surface area contributed by atoms with E-state index < -0.39 is 5.91 Å². The van der Waals surface area contributed by atoms with Crippen molar-refractivity contribution >= 4 is 23.6 Å². The SMILES string of the molecule is Cc1ccc(NC(=O)/C=C/c2ccc(OCC(N)=O)cc2)c(C)c1. The Balaban J connectivity index is 1.94. The molecule has 0 aliphatic rings. The van der Waals surface area contributed by atoms with Gasteiger partial charge in [-0.3, -0.25) is 9.59 Å². The van der Waals surface area contributed by atoms with Crippen molar-refractivity contribution in [1.82, 2.24) is 0 Å². The Bertz CT molecular complexity index is 765. The fourth-order valence-corrected chi connectivity index (χ4v) is 2.13. The quantitative estimate of drug-likeness (QED) is 0.802. The van der Waals surface area contributed by atoms with Crippen LogP contribution in [0.4, 0.5) is 5.69 Å². The molecule has 2 aromatic rings. The number of aryl methyl sites for hydroxylation is 2. The van der Waals surface area contributed by atoms with Crippen LogP contribution in [-0.4, -0.2) is 18.4 Å². The molecule has 5 nitrogen and oxygen atoms in total. The standard InChI is InChI=1S/C19H20N2O3/c1-13-3-9-17(14(2)11-13)21-19(23)10-6-15-4-7-16(8-5-15)24-12-18(20)22/h3-11H,12H2,1-2H3,(H2,20,22)(H,21,23)/b10-6+. The van der Waals surface area contributed by atoms with E-state index in [4.69, 9.17) is 10.5 Å². The summed E-state index contributed by atoms with van der Waals surface area (Å²) in [6.45, 7) is 3.81. The lowest BCUT2D eigenvalue weighted by Gasteiger charge is -2.07. The number of nitrogens with one attached hydrogen (secondary N) is 1. The van der Waals surface area contributed by atoms with Crippen molar-refractivity contribution in [3.8, 4) is 5.75 Å². The van der Waals surface area contributed by atoms with Crippen LogP contribution in [0.5, 0.6) is 5.75 Å². The van der Waals surface area contributed by atoms with Gasteiger partial charge in [0.1, 0.15) is 5.75 Å². The summed E-state index contributed by atoms with van der Waals surface area (Å²) >= 11 is 0. The Morgan fingerprint density at radius 3 is 2.46 bits per heavy atom. The lowest BCUT2D eigenvalue weighted by atomic mass is 10.1. The number of nitrogens with two attached hydrogens (primary N) is 1. The van der Waals surface area contributed by atoms with Crippen molar-refractivity contribution in [2.75, 3.05) is 11.9 Å². The Labute approximate surface area is 141 Å². The summed E-state index contributed by atoms with van der Waals surface area (Å²) in [7, 11) is 0. The average molecular weight is 324 g/mol. The molecular weight excluding hydrogens is 304 g/mol. The van der Waals surface area contributed by atoms with Crippen molar-refractivity contribution in [3.63, 3.8) is 0 Å². The number of ether oxygens (including phenoxy) is 1. The maximum absolute atomic E-state index is 12.0. The highest BCUT2D eigenvalue weighted by Crippen LogP contribution is 2.16. The number of benzene rings is 2. The average Bonchev–Trinajstić information content (AvgIpc) is 2.54. The molecule has 0 bridgehead atoms. The van der Waals surface area contributed by atoms with Crippen molar-refractivity contribution in [2.45, 2.75) is 13.8 Å². The summed E-state index contributed by atoms with van der Waals surface area (Å²) < 4.78 is 5.17. The van der Waals surface area contributed by atoms with Gasteiger partial charge in [0.25, 0.3) is 5.91 Å². The van der Waals surface area contributed by atoms with Crippen molar-refractivity contribution in [1.29, 1.82) is 0 Å². The van der Waals surface area contributed by atoms with Crippen molar-refractivity contribution < 1.29 is 14.3 Å². The maximum atomic E-state index is 12.0. The number of carbonyl (C=O) groups is 2. The zero-order chi connectivity index (χ0) is 17.5. The number of primary amides is 1. The van der Waals surface area contributed by atoms with Gasteiger partial charge in [0.2, 0.25) is 5.91 Å². The summed E-state index contributed by atoms with van der Waals surface area (Å²) in [5, 5.41) is 2.85. The second-order valence-electron chi connectivity index (χ2n) is 5.46. The van der Waals surface area contributed by atoms with E-state index in [1.807, 2.05) is 32.0 Å². The van der Waals surface area contributed by atoms with E-state index in [0.29, 0.717) is 5.75 Å². The van der Waals surface area contributed by atoms with Crippen LogP contribution in [0.15, 0.2) is 48.5 Å². The van der Waals surface area contributed by atoms with Crippen LogP contribution < -0.4 is 15.8 Å². The highest BCUT2D eigenvalue weighted by atomic mass is 16.5. The van der Waals surface area contributed by atoms with E-state index in [-0.39, 0.29) is 12.5 Å². The molecule has 0 aliphatic heterocycles. The number of rotatable bonds is 6. The largest absolute Gasteiger partial charge is 0.484 e. The first-order valence-corrected chi connectivity index (χ1v) is 7.51. The minimum absolute atomic E-state index is 0.159. The predicted molar refractivity (Wildman–Crippen MR) is 94.7 cm³/mol. The fraction of sp³-hybridized carbons (Fsp3) is 0.158. The monoisotopic (exact) mass is 324 g/mol. The third-order valence-electron chi connectivity index (χ3n) is 3.33. The Morgan fingerprint density at radius 2 is 1.83 bits per heavy atom. The molecule has 0 spiro atoms.